The molecule has 1 saturated heterocycles. The first-order valence-electron chi connectivity index (χ1n) is 10.5. The molecule has 0 bridgehead atoms. The summed E-state index contributed by atoms with van der Waals surface area (Å²) in [5.41, 5.74) is 1.20. The normalized spacial score (nSPS) is 20.3. The van der Waals surface area contributed by atoms with E-state index in [4.69, 9.17) is 4.99 Å². The first kappa shape index (κ1) is 22.5. The van der Waals surface area contributed by atoms with Gasteiger partial charge in [-0.15, -0.1) is 24.0 Å². The number of nitrogens with one attached hydrogen (secondary N) is 2. The minimum Gasteiger partial charge on any atom is -0.357 e. The van der Waals surface area contributed by atoms with Gasteiger partial charge in [0.25, 0.3) is 0 Å². The van der Waals surface area contributed by atoms with Crippen molar-refractivity contribution in [3.63, 3.8) is 0 Å². The van der Waals surface area contributed by atoms with Crippen molar-refractivity contribution in [3.05, 3.63) is 18.0 Å². The van der Waals surface area contributed by atoms with Crippen LogP contribution in [-0.2, 0) is 6.54 Å². The van der Waals surface area contributed by atoms with Crippen molar-refractivity contribution >= 4 is 29.9 Å². The lowest BCUT2D eigenvalue weighted by atomic mass is 9.92. The van der Waals surface area contributed by atoms with E-state index in [1.54, 1.807) is 0 Å². The number of aliphatic imine (C=N–C) groups is 1. The molecule has 2 heterocycles. The zero-order valence-electron chi connectivity index (χ0n) is 17.0. The number of piperidine rings is 1. The van der Waals surface area contributed by atoms with E-state index >= 15 is 0 Å². The number of guanidine groups is 1. The first-order chi connectivity index (χ1) is 12.7. The predicted octanol–water partition coefficient (Wildman–Crippen LogP) is 3.16. The summed E-state index contributed by atoms with van der Waals surface area (Å²) in [5, 5.41) is 11.4. The monoisotopic (exact) mass is 488 g/mol. The molecule has 27 heavy (non-hydrogen) atoms. The van der Waals surface area contributed by atoms with Gasteiger partial charge >= 0.3 is 0 Å². The van der Waals surface area contributed by atoms with E-state index in [0.717, 1.165) is 31.6 Å². The number of halogens is 1. The highest BCUT2D eigenvalue weighted by molar-refractivity contribution is 14.0. The fourth-order valence-corrected chi connectivity index (χ4v) is 4.22. The van der Waals surface area contributed by atoms with Gasteiger partial charge in [-0.2, -0.15) is 5.10 Å². The largest absolute Gasteiger partial charge is 0.357 e. The van der Waals surface area contributed by atoms with Crippen LogP contribution in [0.3, 0.4) is 0 Å². The average Bonchev–Trinajstić information content (AvgIpc) is 3.08. The standard InChI is InChI=1S/C20H36N6.HI/c1-3-21-20(22-11-14-26-16-17(2)15-23-26)24-18-9-12-25(13-10-18)19-7-5-4-6-8-19;/h15-16,18-19H,3-14H2,1-2H3,(H2,21,22,24);1H. The lowest BCUT2D eigenvalue weighted by Gasteiger charge is -2.39. The summed E-state index contributed by atoms with van der Waals surface area (Å²) < 4.78 is 1.96. The highest BCUT2D eigenvalue weighted by Crippen LogP contribution is 2.25. The van der Waals surface area contributed by atoms with Crippen molar-refractivity contribution in [1.82, 2.24) is 25.3 Å². The summed E-state index contributed by atoms with van der Waals surface area (Å²) in [5.74, 6) is 0.951. The zero-order valence-corrected chi connectivity index (χ0v) is 19.3. The number of aryl methyl sites for hydroxylation is 1. The van der Waals surface area contributed by atoms with E-state index in [9.17, 15) is 0 Å². The maximum absolute atomic E-state index is 4.74. The maximum atomic E-state index is 4.74. The third-order valence-corrected chi connectivity index (χ3v) is 5.67. The summed E-state index contributed by atoms with van der Waals surface area (Å²) in [4.78, 5) is 7.48. The molecule has 7 heteroatoms. The van der Waals surface area contributed by atoms with E-state index in [-0.39, 0.29) is 24.0 Å². The number of nitrogens with zero attached hydrogens (tertiary/aromatic N) is 4. The molecular formula is C20H37IN6. The second kappa shape index (κ2) is 11.9. The Bertz CT molecular complexity index is 559. The van der Waals surface area contributed by atoms with Crippen molar-refractivity contribution in [2.75, 3.05) is 26.2 Å². The molecule has 154 valence electrons. The van der Waals surface area contributed by atoms with Gasteiger partial charge in [-0.3, -0.25) is 9.67 Å². The number of aromatic nitrogens is 2. The SMILES string of the molecule is CCNC(=NCCn1cc(C)cn1)NC1CCN(C2CCCCC2)CC1.I. The third-order valence-electron chi connectivity index (χ3n) is 5.67. The minimum absolute atomic E-state index is 0. The van der Waals surface area contributed by atoms with Gasteiger partial charge in [-0.05, 0) is 45.1 Å². The first-order valence-corrected chi connectivity index (χ1v) is 10.5. The van der Waals surface area contributed by atoms with Crippen molar-refractivity contribution in [1.29, 1.82) is 0 Å². The molecule has 0 atom stereocenters. The molecule has 1 aliphatic carbocycles. The van der Waals surface area contributed by atoms with E-state index in [0.29, 0.717) is 6.04 Å². The molecule has 2 N–H and O–H groups in total. The Hall–Kier alpha value is -0.830. The molecule has 6 nitrogen and oxygen atoms in total. The quantitative estimate of drug-likeness (QED) is 0.367. The summed E-state index contributed by atoms with van der Waals surface area (Å²) in [6.45, 7) is 9.12. The highest BCUT2D eigenvalue weighted by Gasteiger charge is 2.26. The topological polar surface area (TPSA) is 57.5 Å². The molecule has 2 fully saturated rings. The van der Waals surface area contributed by atoms with Gasteiger partial charge in [0.15, 0.2) is 5.96 Å². The van der Waals surface area contributed by atoms with Gasteiger partial charge < -0.3 is 15.5 Å². The Morgan fingerprint density at radius 2 is 1.93 bits per heavy atom. The van der Waals surface area contributed by atoms with Gasteiger partial charge in [0.2, 0.25) is 0 Å². The number of hydrogen-bond acceptors (Lipinski definition) is 3. The second-order valence-electron chi connectivity index (χ2n) is 7.79. The van der Waals surface area contributed by atoms with E-state index in [1.165, 1.54) is 63.6 Å². The van der Waals surface area contributed by atoms with Crippen LogP contribution in [0.4, 0.5) is 0 Å². The maximum Gasteiger partial charge on any atom is 0.191 e. The van der Waals surface area contributed by atoms with Crippen LogP contribution in [0.25, 0.3) is 0 Å². The van der Waals surface area contributed by atoms with Crippen LogP contribution < -0.4 is 10.6 Å². The summed E-state index contributed by atoms with van der Waals surface area (Å²) in [6, 6.07) is 1.39. The molecule has 0 radical (unpaired) electrons. The minimum atomic E-state index is 0. The van der Waals surface area contributed by atoms with E-state index in [2.05, 4.69) is 40.7 Å². The van der Waals surface area contributed by atoms with Crippen LogP contribution in [0.2, 0.25) is 0 Å². The Morgan fingerprint density at radius 3 is 2.56 bits per heavy atom. The molecule has 3 rings (SSSR count). The van der Waals surface area contributed by atoms with Gasteiger partial charge in [-0.25, -0.2) is 0 Å². The van der Waals surface area contributed by atoms with Crippen molar-refractivity contribution in [2.24, 2.45) is 4.99 Å². The van der Waals surface area contributed by atoms with Crippen molar-refractivity contribution < 1.29 is 0 Å². The van der Waals surface area contributed by atoms with Crippen LogP contribution in [0.1, 0.15) is 57.4 Å². The number of rotatable bonds is 6. The summed E-state index contributed by atoms with van der Waals surface area (Å²) >= 11 is 0. The molecular weight excluding hydrogens is 451 g/mol. The number of hydrogen-bond donors (Lipinski definition) is 2. The molecule has 1 aliphatic heterocycles. The predicted molar refractivity (Wildman–Crippen MR) is 123 cm³/mol. The molecule has 1 saturated carbocycles. The van der Waals surface area contributed by atoms with Crippen molar-refractivity contribution in [3.8, 4) is 0 Å². The molecule has 0 unspecified atom stereocenters. The average molecular weight is 488 g/mol. The van der Waals surface area contributed by atoms with Crippen LogP contribution in [0.5, 0.6) is 0 Å². The van der Waals surface area contributed by atoms with Gasteiger partial charge in [0, 0.05) is 37.9 Å². The lowest BCUT2D eigenvalue weighted by molar-refractivity contribution is 0.119. The van der Waals surface area contributed by atoms with Gasteiger partial charge in [0.05, 0.1) is 19.3 Å². The molecule has 1 aromatic rings. The van der Waals surface area contributed by atoms with Crippen LogP contribution >= 0.6 is 24.0 Å². The van der Waals surface area contributed by atoms with E-state index < -0.39 is 0 Å². The molecule has 0 spiro atoms. The molecule has 2 aliphatic rings. The second-order valence-corrected chi connectivity index (χ2v) is 7.79. The lowest BCUT2D eigenvalue weighted by Crippen LogP contribution is -2.51. The highest BCUT2D eigenvalue weighted by atomic mass is 127. The molecule has 1 aromatic heterocycles. The Kier molecular flexibility index (Phi) is 9.89. The van der Waals surface area contributed by atoms with Crippen LogP contribution in [0, 0.1) is 6.92 Å². The molecule has 0 aromatic carbocycles. The fraction of sp³-hybridized carbons (Fsp3) is 0.800. The number of likely N-dealkylation sites (tertiary alicyclic amines) is 1. The Morgan fingerprint density at radius 1 is 1.19 bits per heavy atom. The summed E-state index contributed by atoms with van der Waals surface area (Å²) in [6.07, 6.45) is 13.5. The third kappa shape index (κ3) is 7.25. The van der Waals surface area contributed by atoms with Gasteiger partial charge in [0.1, 0.15) is 0 Å². The van der Waals surface area contributed by atoms with Crippen LogP contribution in [0.15, 0.2) is 17.4 Å². The fourth-order valence-electron chi connectivity index (χ4n) is 4.22. The Labute approximate surface area is 181 Å². The summed E-state index contributed by atoms with van der Waals surface area (Å²) in [7, 11) is 0. The van der Waals surface area contributed by atoms with E-state index in [1.807, 2.05) is 10.9 Å². The smallest absolute Gasteiger partial charge is 0.191 e. The van der Waals surface area contributed by atoms with Gasteiger partial charge in [-0.1, -0.05) is 19.3 Å². The van der Waals surface area contributed by atoms with Crippen molar-refractivity contribution in [2.45, 2.75) is 77.4 Å². The Balaban J connectivity index is 0.00000261. The molecule has 0 amide bonds. The zero-order chi connectivity index (χ0) is 18.2. The van der Waals surface area contributed by atoms with Crippen LogP contribution in [-0.4, -0.2) is 58.9 Å².